The van der Waals surface area contributed by atoms with Gasteiger partial charge in [-0.25, -0.2) is 0 Å². The number of hydrogen-bond acceptors (Lipinski definition) is 1. The van der Waals surface area contributed by atoms with Gasteiger partial charge in [-0.15, -0.1) is 0 Å². The molecule has 222 valence electrons. The lowest BCUT2D eigenvalue weighted by Gasteiger charge is -2.41. The van der Waals surface area contributed by atoms with Gasteiger partial charge in [-0.1, -0.05) is 125 Å². The van der Waals surface area contributed by atoms with Crippen molar-refractivity contribution < 1.29 is 4.42 Å². The van der Waals surface area contributed by atoms with E-state index in [0.717, 1.165) is 17.6 Å². The van der Waals surface area contributed by atoms with Gasteiger partial charge in [0.15, 0.2) is 0 Å². The van der Waals surface area contributed by atoms with Crippen molar-refractivity contribution in [2.45, 2.75) is 53.4 Å². The summed E-state index contributed by atoms with van der Waals surface area (Å²) in [7, 11) is 0. The van der Waals surface area contributed by atoms with E-state index in [0.29, 0.717) is 11.8 Å². The number of hydrogen-bond donors (Lipinski definition) is 0. The highest BCUT2D eigenvalue weighted by atomic mass is 16.3. The van der Waals surface area contributed by atoms with Crippen LogP contribution < -0.4 is 0 Å². The van der Waals surface area contributed by atoms with Crippen LogP contribution in [-0.4, -0.2) is 0 Å². The zero-order valence-corrected chi connectivity index (χ0v) is 27.2. The largest absolute Gasteiger partial charge is 0.456 e. The second-order valence-electron chi connectivity index (χ2n) is 13.8. The number of furan rings is 1. The van der Waals surface area contributed by atoms with Gasteiger partial charge >= 0.3 is 0 Å². The molecule has 0 spiro atoms. The van der Waals surface area contributed by atoms with E-state index < -0.39 is 0 Å². The van der Waals surface area contributed by atoms with Crippen LogP contribution >= 0.6 is 0 Å². The third-order valence-corrected chi connectivity index (χ3v) is 10.8. The Labute approximate surface area is 266 Å². The maximum Gasteiger partial charge on any atom is 0.138 e. The minimum atomic E-state index is -0.107. The number of rotatable bonds is 5. The molecule has 8 rings (SSSR count). The summed E-state index contributed by atoms with van der Waals surface area (Å²) < 4.78 is 6.44. The fraction of sp³-hybridized carbons (Fsp3) is 0.227. The summed E-state index contributed by atoms with van der Waals surface area (Å²) in [6.07, 6.45) is 0.835. The fourth-order valence-corrected chi connectivity index (χ4v) is 8.62. The molecule has 0 saturated heterocycles. The van der Waals surface area contributed by atoms with Gasteiger partial charge in [0.1, 0.15) is 11.2 Å². The summed E-state index contributed by atoms with van der Waals surface area (Å²) in [6.45, 7) is 14.1. The molecule has 0 aliphatic heterocycles. The predicted molar refractivity (Wildman–Crippen MR) is 191 cm³/mol. The number of para-hydroxylation sites is 2. The van der Waals surface area contributed by atoms with Crippen LogP contribution in [0, 0.1) is 25.7 Å². The molecule has 0 bridgehead atoms. The van der Waals surface area contributed by atoms with Crippen molar-refractivity contribution in [3.8, 4) is 22.3 Å². The molecule has 45 heavy (non-hydrogen) atoms. The first-order chi connectivity index (χ1) is 21.8. The normalized spacial score (nSPS) is 13.8. The summed E-state index contributed by atoms with van der Waals surface area (Å²) in [5.41, 5.74) is 15.5. The lowest BCUT2D eigenvalue weighted by atomic mass is 9.62. The Hall–Kier alpha value is -4.62. The lowest BCUT2D eigenvalue weighted by molar-refractivity contribution is 0.280. The molecule has 0 fully saturated rings. The smallest absolute Gasteiger partial charge is 0.138 e. The van der Waals surface area contributed by atoms with Crippen LogP contribution in [0.1, 0.15) is 61.1 Å². The summed E-state index contributed by atoms with van der Waals surface area (Å²) in [6, 6.07) is 40.8. The minimum Gasteiger partial charge on any atom is -0.456 e. The predicted octanol–water partition coefficient (Wildman–Crippen LogP) is 12.2. The highest BCUT2D eigenvalue weighted by molar-refractivity contribution is 6.09. The highest BCUT2D eigenvalue weighted by Crippen LogP contribution is 2.59. The molecule has 1 nitrogen and oxygen atoms in total. The second kappa shape index (κ2) is 10.2. The number of fused-ring (bicyclic) bond motifs is 8. The summed E-state index contributed by atoms with van der Waals surface area (Å²) >= 11 is 0. The maximum atomic E-state index is 6.44. The Morgan fingerprint density at radius 2 is 1.29 bits per heavy atom. The van der Waals surface area contributed by atoms with Crippen LogP contribution in [0.4, 0.5) is 0 Å². The molecule has 0 unspecified atom stereocenters. The molecule has 7 aromatic rings. The van der Waals surface area contributed by atoms with Crippen molar-refractivity contribution in [3.05, 3.63) is 143 Å². The van der Waals surface area contributed by atoms with Crippen LogP contribution in [0.5, 0.6) is 0 Å². The zero-order valence-electron chi connectivity index (χ0n) is 27.2. The van der Waals surface area contributed by atoms with Crippen LogP contribution in [-0.2, 0) is 11.8 Å². The average Bonchev–Trinajstić information content (AvgIpc) is 3.56. The summed E-state index contributed by atoms with van der Waals surface area (Å²) in [5, 5.41) is 5.06. The molecule has 1 heteroatoms. The first kappa shape index (κ1) is 27.9. The fourth-order valence-electron chi connectivity index (χ4n) is 8.62. The van der Waals surface area contributed by atoms with Gasteiger partial charge in [-0.05, 0) is 104 Å². The Bertz CT molecular complexity index is 2270. The molecular formula is C44H40O. The van der Waals surface area contributed by atoms with Crippen molar-refractivity contribution in [2.24, 2.45) is 11.8 Å². The van der Waals surface area contributed by atoms with Crippen molar-refractivity contribution in [3.63, 3.8) is 0 Å². The lowest BCUT2D eigenvalue weighted by Crippen LogP contribution is -2.37. The van der Waals surface area contributed by atoms with Crippen molar-refractivity contribution in [1.29, 1.82) is 0 Å². The van der Waals surface area contributed by atoms with Gasteiger partial charge in [0.25, 0.3) is 0 Å². The standard InChI is InChI=1S/C44H40O/c1-26(2)44(27(3)4)39-24-30(23-32-12-11-16-36-34-14-9-10-17-41(34)45-43(32)36)19-21-37(39)42-35-15-8-7-13-33(35)38(25-40(42)44)31-20-18-28(5)29(6)22-31/h7-22,24-27H,23H2,1-6H3. The Balaban J connectivity index is 1.35. The molecule has 0 N–H and O–H groups in total. The van der Waals surface area contributed by atoms with Gasteiger partial charge in [-0.3, -0.25) is 0 Å². The van der Waals surface area contributed by atoms with Gasteiger partial charge in [0, 0.05) is 22.6 Å². The second-order valence-corrected chi connectivity index (χ2v) is 13.8. The molecule has 0 radical (unpaired) electrons. The van der Waals surface area contributed by atoms with Gasteiger partial charge in [0.05, 0.1) is 0 Å². The van der Waals surface area contributed by atoms with E-state index in [-0.39, 0.29) is 5.41 Å². The molecule has 1 aliphatic rings. The SMILES string of the molecule is Cc1ccc(-c2cc3c(c4ccccc24)-c2ccc(Cc4cccc5c4oc4ccccc45)cc2C3(C(C)C)C(C)C)cc1C. The third-order valence-electron chi connectivity index (χ3n) is 10.8. The summed E-state index contributed by atoms with van der Waals surface area (Å²) in [4.78, 5) is 0. The van der Waals surface area contributed by atoms with E-state index in [4.69, 9.17) is 4.42 Å². The van der Waals surface area contributed by atoms with Crippen LogP contribution in [0.2, 0.25) is 0 Å². The molecule has 6 aromatic carbocycles. The Kier molecular flexibility index (Phi) is 6.33. The quantitative estimate of drug-likeness (QED) is 0.196. The first-order valence-corrected chi connectivity index (χ1v) is 16.5. The van der Waals surface area contributed by atoms with Crippen molar-refractivity contribution in [2.75, 3.05) is 0 Å². The highest BCUT2D eigenvalue weighted by Gasteiger charge is 2.48. The molecular weight excluding hydrogens is 544 g/mol. The van der Waals surface area contributed by atoms with E-state index in [1.807, 2.05) is 0 Å². The molecule has 1 aliphatic carbocycles. The van der Waals surface area contributed by atoms with Gasteiger partial charge < -0.3 is 4.42 Å². The van der Waals surface area contributed by atoms with Gasteiger partial charge in [0.2, 0.25) is 0 Å². The number of aryl methyl sites for hydroxylation is 2. The Morgan fingerprint density at radius 3 is 2.04 bits per heavy atom. The molecule has 0 atom stereocenters. The van der Waals surface area contributed by atoms with Crippen LogP contribution in [0.15, 0.2) is 114 Å². The van der Waals surface area contributed by atoms with E-state index in [2.05, 4.69) is 151 Å². The first-order valence-electron chi connectivity index (χ1n) is 16.5. The van der Waals surface area contributed by atoms with Crippen LogP contribution in [0.3, 0.4) is 0 Å². The maximum absolute atomic E-state index is 6.44. The molecule has 0 saturated carbocycles. The minimum absolute atomic E-state index is 0.107. The average molecular weight is 585 g/mol. The van der Waals surface area contributed by atoms with E-state index in [1.165, 1.54) is 77.2 Å². The van der Waals surface area contributed by atoms with Gasteiger partial charge in [-0.2, -0.15) is 0 Å². The zero-order chi connectivity index (χ0) is 31.0. The molecule has 1 aromatic heterocycles. The molecule has 1 heterocycles. The van der Waals surface area contributed by atoms with Crippen LogP contribution in [0.25, 0.3) is 55.0 Å². The van der Waals surface area contributed by atoms with E-state index in [1.54, 1.807) is 0 Å². The van der Waals surface area contributed by atoms with Crippen molar-refractivity contribution >= 4 is 32.7 Å². The molecule has 0 amide bonds. The topological polar surface area (TPSA) is 13.1 Å². The van der Waals surface area contributed by atoms with E-state index in [9.17, 15) is 0 Å². The third kappa shape index (κ3) is 3.99. The summed E-state index contributed by atoms with van der Waals surface area (Å²) in [5.74, 6) is 0.834. The van der Waals surface area contributed by atoms with E-state index >= 15 is 0 Å². The number of benzene rings is 6. The monoisotopic (exact) mass is 584 g/mol. The van der Waals surface area contributed by atoms with Crippen molar-refractivity contribution in [1.82, 2.24) is 0 Å². The Morgan fingerprint density at radius 1 is 0.578 bits per heavy atom.